The summed E-state index contributed by atoms with van der Waals surface area (Å²) < 4.78 is 16.5. The number of aromatic nitrogens is 1. The number of carbonyl (C=O) groups excluding carboxylic acids is 1. The molecule has 0 aliphatic carbocycles. The van der Waals surface area contributed by atoms with Crippen molar-refractivity contribution in [1.29, 1.82) is 0 Å². The molecule has 0 spiro atoms. The van der Waals surface area contributed by atoms with E-state index in [1.54, 1.807) is 24.5 Å². The lowest BCUT2D eigenvalue weighted by molar-refractivity contribution is -0.122. The van der Waals surface area contributed by atoms with Crippen LogP contribution in [0.3, 0.4) is 0 Å². The molecule has 0 fully saturated rings. The Hall–Kier alpha value is -3.80. The van der Waals surface area contributed by atoms with E-state index in [2.05, 4.69) is 10.5 Å². The lowest BCUT2D eigenvalue weighted by Crippen LogP contribution is -2.31. The highest BCUT2D eigenvalue weighted by atomic mass is 16.5. The summed E-state index contributed by atoms with van der Waals surface area (Å²) >= 11 is 0. The van der Waals surface area contributed by atoms with E-state index in [9.17, 15) is 4.79 Å². The van der Waals surface area contributed by atoms with E-state index >= 15 is 0 Å². The molecular formula is C22H16N2O4. The Morgan fingerprint density at radius 2 is 1.64 bits per heavy atom. The highest BCUT2D eigenvalue weighted by Gasteiger charge is 2.32. The van der Waals surface area contributed by atoms with Crippen LogP contribution in [0.1, 0.15) is 22.7 Å². The van der Waals surface area contributed by atoms with Gasteiger partial charge in [0.1, 0.15) is 17.2 Å². The third-order valence-electron chi connectivity index (χ3n) is 4.71. The molecule has 1 aliphatic heterocycles. The molecule has 6 heteroatoms. The van der Waals surface area contributed by atoms with Crippen molar-refractivity contribution in [2.75, 3.05) is 0 Å². The Bertz CT molecular complexity index is 1090. The van der Waals surface area contributed by atoms with Crippen molar-refractivity contribution < 1.29 is 18.5 Å². The second-order valence-corrected chi connectivity index (χ2v) is 6.49. The van der Waals surface area contributed by atoms with E-state index < -0.39 is 5.92 Å². The Morgan fingerprint density at radius 3 is 2.32 bits per heavy atom. The summed E-state index contributed by atoms with van der Waals surface area (Å²) in [6.07, 6.45) is 1.57. The van der Waals surface area contributed by atoms with Crippen molar-refractivity contribution in [3.8, 4) is 23.0 Å². The SMILES string of the molecule is O=C(NCc1cc(-c2ccco2)on1)C1c2ccccc2Oc2ccccc21. The maximum atomic E-state index is 13.1. The van der Waals surface area contributed by atoms with Crippen molar-refractivity contribution in [2.45, 2.75) is 12.5 Å². The van der Waals surface area contributed by atoms with Gasteiger partial charge >= 0.3 is 0 Å². The van der Waals surface area contributed by atoms with E-state index in [0.29, 0.717) is 28.7 Å². The predicted octanol–water partition coefficient (Wildman–Crippen LogP) is 4.49. The van der Waals surface area contributed by atoms with Crippen LogP contribution in [0.15, 0.2) is 81.9 Å². The van der Waals surface area contributed by atoms with E-state index in [4.69, 9.17) is 13.7 Å². The predicted molar refractivity (Wildman–Crippen MR) is 101 cm³/mol. The summed E-state index contributed by atoms with van der Waals surface area (Å²) in [5, 5.41) is 6.96. The van der Waals surface area contributed by atoms with Gasteiger partial charge in [0.2, 0.25) is 11.7 Å². The molecule has 4 aromatic rings. The Labute approximate surface area is 160 Å². The van der Waals surface area contributed by atoms with Gasteiger partial charge in [-0.05, 0) is 24.3 Å². The number of nitrogens with zero attached hydrogens (tertiary/aromatic N) is 1. The minimum absolute atomic E-state index is 0.120. The topological polar surface area (TPSA) is 77.5 Å². The van der Waals surface area contributed by atoms with E-state index in [0.717, 1.165) is 11.1 Å². The lowest BCUT2D eigenvalue weighted by Gasteiger charge is -2.27. The van der Waals surface area contributed by atoms with Gasteiger partial charge < -0.3 is 19.0 Å². The van der Waals surface area contributed by atoms with Gasteiger partial charge in [0, 0.05) is 17.2 Å². The maximum absolute atomic E-state index is 13.1. The Morgan fingerprint density at radius 1 is 0.929 bits per heavy atom. The number of furan rings is 1. The van der Waals surface area contributed by atoms with Gasteiger partial charge in [0.05, 0.1) is 18.7 Å². The first-order valence-electron chi connectivity index (χ1n) is 8.92. The number of hydrogen-bond acceptors (Lipinski definition) is 5. The fourth-order valence-corrected chi connectivity index (χ4v) is 3.40. The zero-order valence-electron chi connectivity index (χ0n) is 14.8. The minimum atomic E-state index is -0.447. The van der Waals surface area contributed by atoms with Crippen LogP contribution < -0.4 is 10.1 Å². The molecule has 1 amide bonds. The van der Waals surface area contributed by atoms with Crippen LogP contribution in [-0.2, 0) is 11.3 Å². The molecule has 28 heavy (non-hydrogen) atoms. The van der Waals surface area contributed by atoms with E-state index in [1.165, 1.54) is 0 Å². The van der Waals surface area contributed by atoms with E-state index in [-0.39, 0.29) is 12.5 Å². The fourth-order valence-electron chi connectivity index (χ4n) is 3.40. The van der Waals surface area contributed by atoms with Gasteiger partial charge in [0.25, 0.3) is 0 Å². The first-order chi connectivity index (χ1) is 13.8. The van der Waals surface area contributed by atoms with Crippen molar-refractivity contribution in [2.24, 2.45) is 0 Å². The largest absolute Gasteiger partial charge is 0.461 e. The number of fused-ring (bicyclic) bond motifs is 2. The second kappa shape index (κ2) is 6.74. The molecule has 0 saturated carbocycles. The molecule has 0 saturated heterocycles. The zero-order valence-corrected chi connectivity index (χ0v) is 14.8. The molecule has 2 aromatic carbocycles. The summed E-state index contributed by atoms with van der Waals surface area (Å²) in [6.45, 7) is 0.255. The van der Waals surface area contributed by atoms with Crippen molar-refractivity contribution in [3.63, 3.8) is 0 Å². The molecule has 0 atom stereocenters. The second-order valence-electron chi connectivity index (χ2n) is 6.49. The highest BCUT2D eigenvalue weighted by molar-refractivity contribution is 5.89. The smallest absolute Gasteiger partial charge is 0.232 e. The zero-order chi connectivity index (χ0) is 18.9. The lowest BCUT2D eigenvalue weighted by atomic mass is 9.87. The molecular weight excluding hydrogens is 356 g/mol. The molecule has 0 unspecified atom stereocenters. The third-order valence-corrected chi connectivity index (χ3v) is 4.71. The summed E-state index contributed by atoms with van der Waals surface area (Å²) in [5.41, 5.74) is 2.30. The number of para-hydroxylation sites is 2. The number of hydrogen-bond donors (Lipinski definition) is 1. The maximum Gasteiger partial charge on any atom is 0.232 e. The molecule has 3 heterocycles. The average Bonchev–Trinajstić information content (AvgIpc) is 3.42. The van der Waals surface area contributed by atoms with Crippen LogP contribution in [0.2, 0.25) is 0 Å². The Kier molecular flexibility index (Phi) is 3.94. The number of rotatable bonds is 4. The van der Waals surface area contributed by atoms with Crippen molar-refractivity contribution in [1.82, 2.24) is 10.5 Å². The molecule has 1 aliphatic rings. The summed E-state index contributed by atoms with van der Waals surface area (Å²) in [6, 6.07) is 20.5. The molecule has 0 radical (unpaired) electrons. The standard InChI is InChI=1S/C22H16N2O4/c25-22(23-13-14-12-20(28-24-14)19-10-5-11-26-19)21-15-6-1-3-8-17(15)27-18-9-4-2-7-16(18)21/h1-12,21H,13H2,(H,23,25). The number of carbonyl (C=O) groups is 1. The van der Waals surface area contributed by atoms with Gasteiger partial charge in [-0.1, -0.05) is 41.6 Å². The van der Waals surface area contributed by atoms with Gasteiger partial charge in [-0.3, -0.25) is 4.79 Å². The summed E-state index contributed by atoms with van der Waals surface area (Å²) in [5.74, 6) is 1.95. The van der Waals surface area contributed by atoms with Crippen LogP contribution in [0, 0.1) is 0 Å². The van der Waals surface area contributed by atoms with Crippen LogP contribution in [-0.4, -0.2) is 11.1 Å². The molecule has 138 valence electrons. The van der Waals surface area contributed by atoms with Crippen molar-refractivity contribution in [3.05, 3.63) is 89.8 Å². The molecule has 2 aromatic heterocycles. The normalized spacial score (nSPS) is 12.7. The summed E-state index contributed by atoms with van der Waals surface area (Å²) in [4.78, 5) is 13.1. The number of benzene rings is 2. The van der Waals surface area contributed by atoms with Crippen LogP contribution >= 0.6 is 0 Å². The number of nitrogens with one attached hydrogen (secondary N) is 1. The Balaban J connectivity index is 1.38. The number of amides is 1. The monoisotopic (exact) mass is 372 g/mol. The third kappa shape index (κ3) is 2.85. The minimum Gasteiger partial charge on any atom is -0.461 e. The van der Waals surface area contributed by atoms with Gasteiger partial charge in [-0.25, -0.2) is 0 Å². The first-order valence-corrected chi connectivity index (χ1v) is 8.92. The highest BCUT2D eigenvalue weighted by Crippen LogP contribution is 2.43. The van der Waals surface area contributed by atoms with Crippen LogP contribution in [0.25, 0.3) is 11.5 Å². The number of ether oxygens (including phenoxy) is 1. The summed E-state index contributed by atoms with van der Waals surface area (Å²) in [7, 11) is 0. The van der Waals surface area contributed by atoms with Gasteiger partial charge in [0.15, 0.2) is 5.76 Å². The van der Waals surface area contributed by atoms with Crippen molar-refractivity contribution >= 4 is 5.91 Å². The fraction of sp³-hybridized carbons (Fsp3) is 0.0909. The molecule has 0 bridgehead atoms. The van der Waals surface area contributed by atoms with Crippen LogP contribution in [0.5, 0.6) is 11.5 Å². The van der Waals surface area contributed by atoms with E-state index in [1.807, 2.05) is 48.5 Å². The van der Waals surface area contributed by atoms with Crippen LogP contribution in [0.4, 0.5) is 0 Å². The first kappa shape index (κ1) is 16.4. The average molecular weight is 372 g/mol. The quantitative estimate of drug-likeness (QED) is 0.571. The molecule has 5 rings (SSSR count). The van der Waals surface area contributed by atoms with Gasteiger partial charge in [-0.2, -0.15) is 0 Å². The molecule has 1 N–H and O–H groups in total. The van der Waals surface area contributed by atoms with Gasteiger partial charge in [-0.15, -0.1) is 0 Å². The molecule has 6 nitrogen and oxygen atoms in total.